The Balaban J connectivity index is 1.71. The average Bonchev–Trinajstić information content (AvgIpc) is 3.41. The number of ether oxygens (including phenoxy) is 2. The van der Waals surface area contributed by atoms with Crippen molar-refractivity contribution in [2.75, 3.05) is 30.9 Å². The number of fused-ring (bicyclic) bond motifs is 1. The highest BCUT2D eigenvalue weighted by atomic mass is 32.2. The summed E-state index contributed by atoms with van der Waals surface area (Å²) in [6.45, 7) is 3.85. The van der Waals surface area contributed by atoms with Gasteiger partial charge in [0.05, 0.1) is 35.0 Å². The molecule has 3 aromatic rings. The normalized spacial score (nSPS) is 16.3. The van der Waals surface area contributed by atoms with E-state index >= 15 is 0 Å². The van der Waals surface area contributed by atoms with E-state index in [2.05, 4.69) is 0 Å². The third-order valence-corrected chi connectivity index (χ3v) is 6.72. The van der Waals surface area contributed by atoms with E-state index < -0.39 is 0 Å². The number of anilines is 1. The molecular formula is C22H24N2O3S2. The first-order valence-corrected chi connectivity index (χ1v) is 11.8. The van der Waals surface area contributed by atoms with Crippen LogP contribution in [0.5, 0.6) is 5.75 Å². The quantitative estimate of drug-likeness (QED) is 0.482. The third kappa shape index (κ3) is 4.42. The molecule has 4 rings (SSSR count). The van der Waals surface area contributed by atoms with Gasteiger partial charge in [0.1, 0.15) is 5.75 Å². The van der Waals surface area contributed by atoms with Gasteiger partial charge in [0.2, 0.25) is 0 Å². The second-order valence-electron chi connectivity index (χ2n) is 6.81. The van der Waals surface area contributed by atoms with Gasteiger partial charge < -0.3 is 9.47 Å². The van der Waals surface area contributed by atoms with E-state index in [4.69, 9.17) is 14.5 Å². The van der Waals surface area contributed by atoms with Crippen LogP contribution in [0.1, 0.15) is 30.1 Å². The number of thioether (sulfide) groups is 1. The van der Waals surface area contributed by atoms with Gasteiger partial charge in [0.15, 0.2) is 5.13 Å². The fraction of sp³-hybridized carbons (Fsp3) is 0.364. The average molecular weight is 429 g/mol. The van der Waals surface area contributed by atoms with Gasteiger partial charge in [0.25, 0.3) is 5.91 Å². The van der Waals surface area contributed by atoms with Gasteiger partial charge in [0, 0.05) is 11.5 Å². The number of thiazole rings is 1. The zero-order valence-electron chi connectivity index (χ0n) is 16.6. The molecule has 0 bridgehead atoms. The van der Waals surface area contributed by atoms with E-state index in [-0.39, 0.29) is 12.0 Å². The van der Waals surface area contributed by atoms with Crippen LogP contribution in [-0.2, 0) is 4.74 Å². The van der Waals surface area contributed by atoms with Crippen LogP contribution in [0.3, 0.4) is 0 Å². The molecule has 7 heteroatoms. The molecule has 0 aliphatic carbocycles. The molecule has 1 aliphatic rings. The fourth-order valence-corrected chi connectivity index (χ4v) is 5.06. The molecular weight excluding hydrogens is 404 g/mol. The van der Waals surface area contributed by atoms with Crippen molar-refractivity contribution >= 4 is 44.4 Å². The van der Waals surface area contributed by atoms with Gasteiger partial charge in [-0.2, -0.15) is 0 Å². The summed E-state index contributed by atoms with van der Waals surface area (Å²) < 4.78 is 12.5. The molecule has 0 radical (unpaired) electrons. The van der Waals surface area contributed by atoms with Crippen LogP contribution in [-0.4, -0.2) is 43.0 Å². The van der Waals surface area contributed by atoms with Crippen molar-refractivity contribution in [3.8, 4) is 5.75 Å². The molecule has 152 valence electrons. The van der Waals surface area contributed by atoms with E-state index in [1.165, 1.54) is 11.3 Å². The van der Waals surface area contributed by atoms with Gasteiger partial charge in [-0.1, -0.05) is 23.5 Å². The second kappa shape index (κ2) is 9.15. The Hall–Kier alpha value is -2.09. The predicted molar refractivity (Wildman–Crippen MR) is 120 cm³/mol. The van der Waals surface area contributed by atoms with Crippen LogP contribution in [0.25, 0.3) is 10.2 Å². The molecule has 1 aliphatic heterocycles. The van der Waals surface area contributed by atoms with Crippen LogP contribution >= 0.6 is 23.1 Å². The molecule has 5 nitrogen and oxygen atoms in total. The van der Waals surface area contributed by atoms with Crippen LogP contribution in [0.2, 0.25) is 0 Å². The van der Waals surface area contributed by atoms with E-state index in [0.717, 1.165) is 40.3 Å². The smallest absolute Gasteiger partial charge is 0.261 e. The number of hydrogen-bond donors (Lipinski definition) is 0. The van der Waals surface area contributed by atoms with E-state index in [0.29, 0.717) is 23.8 Å². The van der Waals surface area contributed by atoms with Crippen LogP contribution in [0.4, 0.5) is 5.13 Å². The van der Waals surface area contributed by atoms with Crippen LogP contribution in [0.15, 0.2) is 47.4 Å². The van der Waals surface area contributed by atoms with Crippen molar-refractivity contribution in [3.63, 3.8) is 0 Å². The Labute approximate surface area is 179 Å². The Kier molecular flexibility index (Phi) is 6.37. The minimum absolute atomic E-state index is 0.0328. The van der Waals surface area contributed by atoms with E-state index in [1.54, 1.807) is 16.7 Å². The molecule has 0 saturated carbocycles. The minimum atomic E-state index is -0.0328. The Morgan fingerprint density at radius 2 is 2.21 bits per heavy atom. The summed E-state index contributed by atoms with van der Waals surface area (Å²) >= 11 is 3.10. The topological polar surface area (TPSA) is 51.7 Å². The van der Waals surface area contributed by atoms with Crippen molar-refractivity contribution in [2.24, 2.45) is 0 Å². The summed E-state index contributed by atoms with van der Waals surface area (Å²) in [5.74, 6) is 0.787. The van der Waals surface area contributed by atoms with Crippen molar-refractivity contribution < 1.29 is 14.3 Å². The molecule has 1 atom stereocenters. The highest BCUT2D eigenvalue weighted by Gasteiger charge is 2.28. The SMILES string of the molecule is CCOc1ccc2nc(N(CC3CCCO3)C(=O)c3ccccc3SC)sc2c1. The molecule has 1 fully saturated rings. The molecule has 29 heavy (non-hydrogen) atoms. The fourth-order valence-electron chi connectivity index (χ4n) is 3.47. The number of nitrogens with zero attached hydrogens (tertiary/aromatic N) is 2. The van der Waals surface area contributed by atoms with Crippen molar-refractivity contribution in [2.45, 2.75) is 30.8 Å². The Morgan fingerprint density at radius 1 is 1.34 bits per heavy atom. The highest BCUT2D eigenvalue weighted by Crippen LogP contribution is 2.34. The molecule has 1 aromatic heterocycles. The van der Waals surface area contributed by atoms with Gasteiger partial charge in [-0.15, -0.1) is 11.8 Å². The molecule has 1 saturated heterocycles. The molecule has 0 spiro atoms. The first-order valence-electron chi connectivity index (χ1n) is 9.79. The minimum Gasteiger partial charge on any atom is -0.494 e. The first kappa shape index (κ1) is 20.2. The summed E-state index contributed by atoms with van der Waals surface area (Å²) in [6.07, 6.45) is 4.04. The number of carbonyl (C=O) groups excluding carboxylic acids is 1. The lowest BCUT2D eigenvalue weighted by atomic mass is 10.1. The summed E-state index contributed by atoms with van der Waals surface area (Å²) in [5.41, 5.74) is 1.57. The summed E-state index contributed by atoms with van der Waals surface area (Å²) in [5, 5.41) is 0.699. The van der Waals surface area contributed by atoms with Crippen molar-refractivity contribution in [1.82, 2.24) is 4.98 Å². The molecule has 1 unspecified atom stereocenters. The predicted octanol–water partition coefficient (Wildman–Crippen LogP) is 5.24. The summed E-state index contributed by atoms with van der Waals surface area (Å²) in [7, 11) is 0. The standard InChI is InChI=1S/C22H24N2O3S2/c1-3-26-15-10-11-18-20(13-15)29-22(23-18)24(14-16-7-6-12-27-16)21(25)17-8-4-5-9-19(17)28-2/h4-5,8-11,13,16H,3,6-7,12,14H2,1-2H3. The third-order valence-electron chi connectivity index (χ3n) is 4.88. The molecule has 0 N–H and O–H groups in total. The van der Waals surface area contributed by atoms with Gasteiger partial charge in [-0.25, -0.2) is 4.98 Å². The number of aromatic nitrogens is 1. The maximum absolute atomic E-state index is 13.6. The van der Waals surface area contributed by atoms with Gasteiger partial charge in [-0.05, 0) is 56.4 Å². The van der Waals surface area contributed by atoms with Crippen molar-refractivity contribution in [1.29, 1.82) is 0 Å². The highest BCUT2D eigenvalue weighted by molar-refractivity contribution is 7.98. The molecule has 2 heterocycles. The first-order chi connectivity index (χ1) is 14.2. The lowest BCUT2D eigenvalue weighted by Crippen LogP contribution is -2.37. The largest absolute Gasteiger partial charge is 0.494 e. The summed E-state index contributed by atoms with van der Waals surface area (Å²) in [4.78, 5) is 21.1. The number of rotatable bonds is 7. The lowest BCUT2D eigenvalue weighted by Gasteiger charge is -2.24. The second-order valence-corrected chi connectivity index (χ2v) is 8.67. The number of carbonyl (C=O) groups is 1. The summed E-state index contributed by atoms with van der Waals surface area (Å²) in [6, 6.07) is 13.6. The monoisotopic (exact) mass is 428 g/mol. The van der Waals surface area contributed by atoms with Gasteiger partial charge in [-0.3, -0.25) is 9.69 Å². The van der Waals surface area contributed by atoms with Crippen LogP contribution in [0, 0.1) is 0 Å². The number of benzene rings is 2. The molecule has 1 amide bonds. The Morgan fingerprint density at radius 3 is 2.97 bits per heavy atom. The number of amides is 1. The lowest BCUT2D eigenvalue weighted by molar-refractivity contribution is 0.0915. The van der Waals surface area contributed by atoms with E-state index in [1.807, 2.05) is 55.6 Å². The van der Waals surface area contributed by atoms with Gasteiger partial charge >= 0.3 is 0 Å². The number of hydrogen-bond acceptors (Lipinski definition) is 6. The van der Waals surface area contributed by atoms with E-state index in [9.17, 15) is 4.79 Å². The Bertz CT molecular complexity index is 999. The maximum atomic E-state index is 13.6. The zero-order valence-corrected chi connectivity index (χ0v) is 18.2. The maximum Gasteiger partial charge on any atom is 0.261 e. The van der Waals surface area contributed by atoms with Crippen molar-refractivity contribution in [3.05, 3.63) is 48.0 Å². The molecule has 2 aromatic carbocycles. The zero-order chi connectivity index (χ0) is 20.2. The van der Waals surface area contributed by atoms with Crippen LogP contribution < -0.4 is 9.64 Å².